The lowest BCUT2D eigenvalue weighted by molar-refractivity contribution is 0.0930. The smallest absolute Gasteiger partial charge is 0.252 e. The zero-order valence-corrected chi connectivity index (χ0v) is 16.6. The predicted molar refractivity (Wildman–Crippen MR) is 105 cm³/mol. The molecule has 0 heterocycles. The van der Waals surface area contributed by atoms with E-state index in [0.29, 0.717) is 17.1 Å². The highest BCUT2D eigenvalue weighted by Gasteiger charge is 2.45. The molecule has 0 aliphatic heterocycles. The molecule has 2 aromatic carbocycles. The molecule has 0 saturated heterocycles. The van der Waals surface area contributed by atoms with Gasteiger partial charge < -0.3 is 19.5 Å². The molecule has 1 aliphatic rings. The average Bonchev–Trinajstić information content (AvgIpc) is 3.47. The number of amides is 1. The summed E-state index contributed by atoms with van der Waals surface area (Å²) in [7, 11) is 4.87. The molecule has 0 bridgehead atoms. The summed E-state index contributed by atoms with van der Waals surface area (Å²) in [5.41, 5.74) is 2.29. The Kier molecular flexibility index (Phi) is 5.31. The van der Waals surface area contributed by atoms with E-state index in [2.05, 4.69) is 19.2 Å². The third-order valence-electron chi connectivity index (χ3n) is 5.13. The van der Waals surface area contributed by atoms with Crippen LogP contribution in [0.1, 0.15) is 54.1 Å². The summed E-state index contributed by atoms with van der Waals surface area (Å²) in [4.78, 5) is 13.0. The zero-order chi connectivity index (χ0) is 19.6. The molecule has 0 unspecified atom stereocenters. The monoisotopic (exact) mass is 369 g/mol. The molecule has 144 valence electrons. The van der Waals surface area contributed by atoms with Gasteiger partial charge >= 0.3 is 0 Å². The normalized spacial score (nSPS) is 14.6. The Labute approximate surface area is 160 Å². The minimum atomic E-state index is -0.305. The van der Waals surface area contributed by atoms with E-state index in [-0.39, 0.29) is 17.4 Å². The first-order valence-electron chi connectivity index (χ1n) is 9.17. The molecule has 1 N–H and O–H groups in total. The van der Waals surface area contributed by atoms with Gasteiger partial charge in [0.15, 0.2) is 0 Å². The molecular weight excluding hydrogens is 342 g/mol. The molecule has 5 heteroatoms. The van der Waals surface area contributed by atoms with Crippen LogP contribution in [-0.4, -0.2) is 27.2 Å². The Morgan fingerprint density at radius 3 is 1.93 bits per heavy atom. The summed E-state index contributed by atoms with van der Waals surface area (Å²) in [6, 6.07) is 11.4. The second-order valence-corrected chi connectivity index (χ2v) is 7.21. The van der Waals surface area contributed by atoms with Crippen molar-refractivity contribution < 1.29 is 19.0 Å². The zero-order valence-electron chi connectivity index (χ0n) is 16.6. The molecule has 0 radical (unpaired) electrons. The lowest BCUT2D eigenvalue weighted by Crippen LogP contribution is -2.34. The van der Waals surface area contributed by atoms with Crippen molar-refractivity contribution in [3.05, 3.63) is 53.1 Å². The SMILES string of the molecule is COc1ccc(C2(NC(=O)c3cc(OC)c(C(C)C)c(OC)c3)CC2)cc1. The Morgan fingerprint density at radius 2 is 1.52 bits per heavy atom. The van der Waals surface area contributed by atoms with Gasteiger partial charge in [0.05, 0.1) is 26.9 Å². The van der Waals surface area contributed by atoms with Crippen molar-refractivity contribution in [3.8, 4) is 17.2 Å². The highest BCUT2D eigenvalue weighted by molar-refractivity contribution is 5.96. The van der Waals surface area contributed by atoms with Crippen LogP contribution in [0.15, 0.2) is 36.4 Å². The second-order valence-electron chi connectivity index (χ2n) is 7.21. The maximum atomic E-state index is 13.0. The van der Waals surface area contributed by atoms with Crippen LogP contribution in [0.4, 0.5) is 0 Å². The number of hydrogen-bond donors (Lipinski definition) is 1. The van der Waals surface area contributed by atoms with Crippen LogP contribution in [0, 0.1) is 0 Å². The van der Waals surface area contributed by atoms with Gasteiger partial charge in [0.1, 0.15) is 17.2 Å². The highest BCUT2D eigenvalue weighted by Crippen LogP contribution is 2.46. The lowest BCUT2D eigenvalue weighted by atomic mass is 9.98. The van der Waals surface area contributed by atoms with Crippen LogP contribution in [0.3, 0.4) is 0 Å². The number of rotatable bonds is 7. The Bertz CT molecular complexity index is 798. The Hall–Kier alpha value is -2.69. The van der Waals surface area contributed by atoms with Crippen molar-refractivity contribution in [2.24, 2.45) is 0 Å². The molecule has 5 nitrogen and oxygen atoms in total. The Morgan fingerprint density at radius 1 is 0.963 bits per heavy atom. The van der Waals surface area contributed by atoms with Gasteiger partial charge in [-0.2, -0.15) is 0 Å². The average molecular weight is 369 g/mol. The van der Waals surface area contributed by atoms with Gasteiger partial charge in [-0.3, -0.25) is 4.79 Å². The number of nitrogens with one attached hydrogen (secondary N) is 1. The van der Waals surface area contributed by atoms with Crippen LogP contribution in [-0.2, 0) is 5.54 Å². The molecule has 27 heavy (non-hydrogen) atoms. The van der Waals surface area contributed by atoms with E-state index in [4.69, 9.17) is 14.2 Å². The van der Waals surface area contributed by atoms with E-state index in [1.165, 1.54) is 0 Å². The minimum absolute atomic E-state index is 0.129. The summed E-state index contributed by atoms with van der Waals surface area (Å²) < 4.78 is 16.3. The first-order chi connectivity index (χ1) is 12.9. The standard InChI is InChI=1S/C22H27NO4/c1-14(2)20-18(26-4)12-15(13-19(20)27-5)21(24)23-22(10-11-22)16-6-8-17(25-3)9-7-16/h6-9,12-14H,10-11H2,1-5H3,(H,23,24). The van der Waals surface area contributed by atoms with Gasteiger partial charge in [-0.25, -0.2) is 0 Å². The van der Waals surface area contributed by atoms with Crippen LogP contribution in [0.25, 0.3) is 0 Å². The first kappa shape index (κ1) is 19.1. The first-order valence-corrected chi connectivity index (χ1v) is 9.17. The van der Waals surface area contributed by atoms with Gasteiger partial charge in [-0.1, -0.05) is 26.0 Å². The summed E-state index contributed by atoms with van der Waals surface area (Å²) in [5.74, 6) is 2.24. The predicted octanol–water partition coefficient (Wildman–Crippen LogP) is 4.25. The van der Waals surface area contributed by atoms with E-state index in [9.17, 15) is 4.79 Å². The fourth-order valence-corrected chi connectivity index (χ4v) is 3.45. The summed E-state index contributed by atoms with van der Waals surface area (Å²) in [6.45, 7) is 4.14. The molecule has 1 aliphatic carbocycles. The van der Waals surface area contributed by atoms with Crippen molar-refractivity contribution >= 4 is 5.91 Å². The molecule has 3 rings (SSSR count). The van der Waals surface area contributed by atoms with Crippen LogP contribution < -0.4 is 19.5 Å². The topological polar surface area (TPSA) is 56.8 Å². The van der Waals surface area contributed by atoms with Crippen molar-refractivity contribution in [1.29, 1.82) is 0 Å². The van der Waals surface area contributed by atoms with Gasteiger partial charge in [0, 0.05) is 11.1 Å². The number of carbonyl (C=O) groups is 1. The van der Waals surface area contributed by atoms with Crippen LogP contribution >= 0.6 is 0 Å². The number of benzene rings is 2. The minimum Gasteiger partial charge on any atom is -0.497 e. The van der Waals surface area contributed by atoms with E-state index < -0.39 is 0 Å². The van der Waals surface area contributed by atoms with Crippen molar-refractivity contribution in [2.75, 3.05) is 21.3 Å². The molecular formula is C22H27NO4. The largest absolute Gasteiger partial charge is 0.497 e. The quantitative estimate of drug-likeness (QED) is 0.792. The number of methoxy groups -OCH3 is 3. The number of carbonyl (C=O) groups excluding carboxylic acids is 1. The van der Waals surface area contributed by atoms with Crippen molar-refractivity contribution in [2.45, 2.75) is 38.1 Å². The van der Waals surface area contributed by atoms with Crippen LogP contribution in [0.5, 0.6) is 17.2 Å². The van der Waals surface area contributed by atoms with Crippen LogP contribution in [0.2, 0.25) is 0 Å². The van der Waals surface area contributed by atoms with E-state index >= 15 is 0 Å². The maximum Gasteiger partial charge on any atom is 0.252 e. The van der Waals surface area contributed by atoms with E-state index in [1.807, 2.05) is 24.3 Å². The maximum absolute atomic E-state index is 13.0. The molecule has 1 fully saturated rings. The molecule has 0 aromatic heterocycles. The third kappa shape index (κ3) is 3.72. The molecule has 0 atom stereocenters. The van der Waals surface area contributed by atoms with Crippen molar-refractivity contribution in [3.63, 3.8) is 0 Å². The molecule has 1 amide bonds. The molecule has 1 saturated carbocycles. The third-order valence-corrected chi connectivity index (χ3v) is 5.13. The number of ether oxygens (including phenoxy) is 3. The fraction of sp³-hybridized carbons (Fsp3) is 0.409. The van der Waals surface area contributed by atoms with Gasteiger partial charge in [-0.15, -0.1) is 0 Å². The molecule has 0 spiro atoms. The molecule has 2 aromatic rings. The number of hydrogen-bond acceptors (Lipinski definition) is 4. The van der Waals surface area contributed by atoms with Gasteiger partial charge in [-0.05, 0) is 48.6 Å². The van der Waals surface area contributed by atoms with Gasteiger partial charge in [0.2, 0.25) is 0 Å². The summed E-state index contributed by atoms with van der Waals surface area (Å²) >= 11 is 0. The van der Waals surface area contributed by atoms with Crippen molar-refractivity contribution in [1.82, 2.24) is 5.32 Å². The highest BCUT2D eigenvalue weighted by atomic mass is 16.5. The van der Waals surface area contributed by atoms with E-state index in [1.54, 1.807) is 33.5 Å². The summed E-state index contributed by atoms with van der Waals surface area (Å²) in [5, 5.41) is 3.20. The second kappa shape index (κ2) is 7.51. The summed E-state index contributed by atoms with van der Waals surface area (Å²) in [6.07, 6.45) is 1.84. The lowest BCUT2D eigenvalue weighted by Gasteiger charge is -2.21. The fourth-order valence-electron chi connectivity index (χ4n) is 3.45. The Balaban J connectivity index is 1.87. The van der Waals surface area contributed by atoms with E-state index in [0.717, 1.165) is 29.7 Å². The van der Waals surface area contributed by atoms with Gasteiger partial charge in [0.25, 0.3) is 5.91 Å².